The Morgan fingerprint density at radius 3 is 2.27 bits per heavy atom. The van der Waals surface area contributed by atoms with Crippen molar-refractivity contribution in [2.75, 3.05) is 18.4 Å². The molecule has 3 N–H and O–H groups in total. The van der Waals surface area contributed by atoms with Crippen molar-refractivity contribution in [2.45, 2.75) is 52.9 Å². The average Bonchev–Trinajstić information content (AvgIpc) is 2.59. The zero-order chi connectivity index (χ0) is 18.9. The van der Waals surface area contributed by atoms with Gasteiger partial charge in [0.2, 0.25) is 5.91 Å². The van der Waals surface area contributed by atoms with Gasteiger partial charge in [0.1, 0.15) is 0 Å². The lowest BCUT2D eigenvalue weighted by molar-refractivity contribution is -0.120. The van der Waals surface area contributed by atoms with E-state index in [1.165, 1.54) is 19.3 Å². The van der Waals surface area contributed by atoms with Gasteiger partial charge in [-0.2, -0.15) is 0 Å². The summed E-state index contributed by atoms with van der Waals surface area (Å²) in [6.07, 6.45) is 5.01. The normalized spacial score (nSPS) is 22.5. The van der Waals surface area contributed by atoms with Crippen LogP contribution in [0, 0.1) is 17.8 Å². The van der Waals surface area contributed by atoms with Crippen molar-refractivity contribution < 1.29 is 9.59 Å². The molecule has 0 bridgehead atoms. The lowest BCUT2D eigenvalue weighted by atomic mass is 9.77. The van der Waals surface area contributed by atoms with Crippen LogP contribution >= 0.6 is 0 Å². The first kappa shape index (κ1) is 20.3. The van der Waals surface area contributed by atoms with Gasteiger partial charge >= 0.3 is 6.03 Å². The quantitative estimate of drug-likeness (QED) is 0.690. The van der Waals surface area contributed by atoms with E-state index in [2.05, 4.69) is 29.8 Å². The van der Waals surface area contributed by atoms with E-state index in [1.54, 1.807) is 0 Å². The number of hydrogen-bond acceptors (Lipinski definition) is 2. The molecule has 1 saturated carbocycles. The van der Waals surface area contributed by atoms with Crippen LogP contribution in [-0.2, 0) is 11.2 Å². The predicted octanol–water partition coefficient (Wildman–Crippen LogP) is 3.95. The highest BCUT2D eigenvalue weighted by atomic mass is 16.2. The van der Waals surface area contributed by atoms with Crippen LogP contribution in [0.4, 0.5) is 10.5 Å². The number of carbonyl (C=O) groups is 2. The van der Waals surface area contributed by atoms with Crippen LogP contribution in [0.3, 0.4) is 0 Å². The number of nitrogens with one attached hydrogen (secondary N) is 3. The first-order valence-electron chi connectivity index (χ1n) is 9.86. The molecule has 1 aromatic carbocycles. The first-order valence-corrected chi connectivity index (χ1v) is 9.86. The van der Waals surface area contributed by atoms with Crippen LogP contribution in [0.25, 0.3) is 0 Å². The lowest BCUT2D eigenvalue weighted by Gasteiger charge is -2.31. The number of rotatable bonds is 7. The SMILES string of the molecule is CCCNC(=O)Nc1ccc(CC(=O)NCC2CC(C)CC(C)C2)cc1. The highest BCUT2D eigenvalue weighted by Crippen LogP contribution is 2.32. The van der Waals surface area contributed by atoms with Gasteiger partial charge in [-0.1, -0.05) is 32.9 Å². The van der Waals surface area contributed by atoms with Crippen molar-refractivity contribution in [2.24, 2.45) is 17.8 Å². The molecule has 3 amide bonds. The Morgan fingerprint density at radius 1 is 1.00 bits per heavy atom. The molecule has 1 aromatic rings. The van der Waals surface area contributed by atoms with Crippen molar-refractivity contribution in [3.8, 4) is 0 Å². The molecule has 2 atom stereocenters. The molecule has 26 heavy (non-hydrogen) atoms. The Bertz CT molecular complexity index is 575. The molecule has 2 rings (SSSR count). The maximum atomic E-state index is 12.2. The van der Waals surface area contributed by atoms with E-state index in [-0.39, 0.29) is 11.9 Å². The van der Waals surface area contributed by atoms with Crippen LogP contribution < -0.4 is 16.0 Å². The van der Waals surface area contributed by atoms with E-state index in [0.717, 1.165) is 36.1 Å². The van der Waals surface area contributed by atoms with E-state index in [9.17, 15) is 9.59 Å². The van der Waals surface area contributed by atoms with E-state index in [4.69, 9.17) is 0 Å². The zero-order valence-electron chi connectivity index (χ0n) is 16.3. The highest BCUT2D eigenvalue weighted by molar-refractivity contribution is 5.89. The second kappa shape index (κ2) is 10.2. The minimum Gasteiger partial charge on any atom is -0.356 e. The molecule has 0 radical (unpaired) electrons. The summed E-state index contributed by atoms with van der Waals surface area (Å²) in [5, 5.41) is 8.64. The second-order valence-corrected chi connectivity index (χ2v) is 7.84. The van der Waals surface area contributed by atoms with E-state index in [1.807, 2.05) is 31.2 Å². The van der Waals surface area contributed by atoms with Crippen molar-refractivity contribution in [1.82, 2.24) is 10.6 Å². The number of hydrogen-bond donors (Lipinski definition) is 3. The Kier molecular flexibility index (Phi) is 7.95. The topological polar surface area (TPSA) is 70.2 Å². The minimum absolute atomic E-state index is 0.0669. The third kappa shape index (κ3) is 7.06. The summed E-state index contributed by atoms with van der Waals surface area (Å²) in [5.41, 5.74) is 1.68. The van der Waals surface area contributed by atoms with Gasteiger partial charge in [-0.05, 0) is 61.1 Å². The molecular weight excluding hydrogens is 326 g/mol. The summed E-state index contributed by atoms with van der Waals surface area (Å²) in [7, 11) is 0. The summed E-state index contributed by atoms with van der Waals surface area (Å²) in [5.74, 6) is 2.19. The Labute approximate surface area is 157 Å². The number of anilines is 1. The van der Waals surface area contributed by atoms with Crippen molar-refractivity contribution in [3.63, 3.8) is 0 Å². The summed E-state index contributed by atoms with van der Waals surface area (Å²) in [6.45, 7) is 8.06. The molecular formula is C21H33N3O2. The molecule has 0 saturated heterocycles. The Morgan fingerprint density at radius 2 is 1.65 bits per heavy atom. The largest absolute Gasteiger partial charge is 0.356 e. The van der Waals surface area contributed by atoms with Crippen molar-refractivity contribution >= 4 is 17.6 Å². The third-order valence-corrected chi connectivity index (χ3v) is 4.98. The fourth-order valence-corrected chi connectivity index (χ4v) is 3.91. The molecule has 1 fully saturated rings. The van der Waals surface area contributed by atoms with Crippen LogP contribution in [-0.4, -0.2) is 25.0 Å². The standard InChI is InChI=1S/C21H33N3O2/c1-4-9-22-21(26)24-19-7-5-17(6-8-19)13-20(25)23-14-18-11-15(2)10-16(3)12-18/h5-8,15-16,18H,4,9-14H2,1-3H3,(H,23,25)(H2,22,24,26). The van der Waals surface area contributed by atoms with E-state index < -0.39 is 0 Å². The van der Waals surface area contributed by atoms with Crippen molar-refractivity contribution in [1.29, 1.82) is 0 Å². The molecule has 2 unspecified atom stereocenters. The molecule has 0 heterocycles. The Balaban J connectivity index is 1.74. The molecule has 1 aliphatic rings. The van der Waals surface area contributed by atoms with Crippen LogP contribution in [0.1, 0.15) is 52.0 Å². The molecule has 0 spiro atoms. The highest BCUT2D eigenvalue weighted by Gasteiger charge is 2.24. The van der Waals surface area contributed by atoms with Gasteiger partial charge in [-0.25, -0.2) is 4.79 Å². The summed E-state index contributed by atoms with van der Waals surface area (Å²) >= 11 is 0. The molecule has 144 valence electrons. The smallest absolute Gasteiger partial charge is 0.319 e. The minimum atomic E-state index is -0.201. The fourth-order valence-electron chi connectivity index (χ4n) is 3.91. The fraction of sp³-hybridized carbons (Fsp3) is 0.619. The van der Waals surface area contributed by atoms with Crippen LogP contribution in [0.15, 0.2) is 24.3 Å². The Hall–Kier alpha value is -2.04. The lowest BCUT2D eigenvalue weighted by Crippen LogP contribution is -2.34. The van der Waals surface area contributed by atoms with Crippen molar-refractivity contribution in [3.05, 3.63) is 29.8 Å². The van der Waals surface area contributed by atoms with Gasteiger partial charge in [0.25, 0.3) is 0 Å². The molecule has 0 aliphatic heterocycles. The summed E-state index contributed by atoms with van der Waals surface area (Å²) in [4.78, 5) is 23.8. The molecule has 1 aliphatic carbocycles. The van der Waals surface area contributed by atoms with Gasteiger partial charge in [0.15, 0.2) is 0 Å². The van der Waals surface area contributed by atoms with Crippen LogP contribution in [0.5, 0.6) is 0 Å². The van der Waals surface area contributed by atoms with Gasteiger partial charge in [-0.3, -0.25) is 4.79 Å². The monoisotopic (exact) mass is 359 g/mol. The number of urea groups is 1. The number of carbonyl (C=O) groups excluding carboxylic acids is 2. The average molecular weight is 360 g/mol. The zero-order valence-corrected chi connectivity index (χ0v) is 16.3. The van der Waals surface area contributed by atoms with Gasteiger partial charge < -0.3 is 16.0 Å². The van der Waals surface area contributed by atoms with Gasteiger partial charge in [0, 0.05) is 18.8 Å². The van der Waals surface area contributed by atoms with E-state index in [0.29, 0.717) is 18.9 Å². The van der Waals surface area contributed by atoms with Gasteiger partial charge in [-0.15, -0.1) is 0 Å². The van der Waals surface area contributed by atoms with E-state index >= 15 is 0 Å². The third-order valence-electron chi connectivity index (χ3n) is 4.98. The number of benzene rings is 1. The molecule has 0 aromatic heterocycles. The van der Waals surface area contributed by atoms with Crippen LogP contribution in [0.2, 0.25) is 0 Å². The molecule has 5 nitrogen and oxygen atoms in total. The summed E-state index contributed by atoms with van der Waals surface area (Å²) < 4.78 is 0. The summed E-state index contributed by atoms with van der Waals surface area (Å²) in [6, 6.07) is 7.24. The maximum absolute atomic E-state index is 12.2. The second-order valence-electron chi connectivity index (χ2n) is 7.84. The maximum Gasteiger partial charge on any atom is 0.319 e. The number of amides is 3. The first-order chi connectivity index (χ1) is 12.5. The predicted molar refractivity (Wildman–Crippen MR) is 106 cm³/mol. The van der Waals surface area contributed by atoms with Gasteiger partial charge in [0.05, 0.1) is 6.42 Å². The molecule has 5 heteroatoms.